The molecule has 2 aliphatic heterocycles. The van der Waals surface area contributed by atoms with E-state index < -0.39 is 11.4 Å². The van der Waals surface area contributed by atoms with Crippen molar-refractivity contribution in [3.05, 3.63) is 58.1 Å². The van der Waals surface area contributed by atoms with Crippen LogP contribution in [0.25, 0.3) is 0 Å². The van der Waals surface area contributed by atoms with E-state index in [1.807, 2.05) is 25.2 Å². The van der Waals surface area contributed by atoms with Gasteiger partial charge >= 0.3 is 0 Å². The molecule has 4 atom stereocenters. The van der Waals surface area contributed by atoms with Crippen LogP contribution in [0.3, 0.4) is 0 Å². The molecule has 0 aromatic carbocycles. The van der Waals surface area contributed by atoms with Gasteiger partial charge in [0.2, 0.25) is 5.78 Å². The van der Waals surface area contributed by atoms with Crippen LogP contribution in [0.15, 0.2) is 58.1 Å². The lowest BCUT2D eigenvalue weighted by Gasteiger charge is -2.36. The summed E-state index contributed by atoms with van der Waals surface area (Å²) in [5.41, 5.74) is 1.72. The second-order valence-electron chi connectivity index (χ2n) is 8.23. The molecule has 0 spiro atoms. The third-order valence-corrected chi connectivity index (χ3v) is 6.36. The lowest BCUT2D eigenvalue weighted by Crippen LogP contribution is -2.46. The molecule has 4 nitrogen and oxygen atoms in total. The van der Waals surface area contributed by atoms with Gasteiger partial charge in [-0.05, 0) is 38.8 Å². The van der Waals surface area contributed by atoms with Crippen LogP contribution in [0.2, 0.25) is 0 Å². The van der Waals surface area contributed by atoms with Gasteiger partial charge in [0.25, 0.3) is 0 Å². The molecular weight excluding hydrogens is 376 g/mol. The summed E-state index contributed by atoms with van der Waals surface area (Å²) in [5, 5.41) is 0.187. The quantitative estimate of drug-likeness (QED) is 0.562. The zero-order chi connectivity index (χ0) is 20.7. The van der Waals surface area contributed by atoms with Gasteiger partial charge in [-0.2, -0.15) is 0 Å². The molecule has 1 aliphatic carbocycles. The summed E-state index contributed by atoms with van der Waals surface area (Å²) in [4.78, 5) is 13.0. The highest BCUT2D eigenvalue weighted by Gasteiger charge is 2.60. The average Bonchev–Trinajstić information content (AvgIpc) is 2.97. The highest BCUT2D eigenvalue weighted by molar-refractivity contribution is 6.45. The minimum atomic E-state index is -1.04. The molecular formula is C23H29ClO4. The van der Waals surface area contributed by atoms with Gasteiger partial charge in [-0.3, -0.25) is 4.79 Å². The summed E-state index contributed by atoms with van der Waals surface area (Å²) >= 11 is 6.48. The van der Waals surface area contributed by atoms with Crippen LogP contribution in [-0.4, -0.2) is 24.3 Å². The van der Waals surface area contributed by atoms with Crippen LogP contribution < -0.4 is 0 Å². The van der Waals surface area contributed by atoms with E-state index >= 15 is 0 Å². The minimum absolute atomic E-state index is 0.170. The van der Waals surface area contributed by atoms with E-state index in [0.29, 0.717) is 23.7 Å². The minimum Gasteiger partial charge on any atom is -0.465 e. The number of methoxy groups -OCH3 is 1. The zero-order valence-electron chi connectivity index (χ0n) is 17.5. The van der Waals surface area contributed by atoms with Gasteiger partial charge in [0.15, 0.2) is 5.79 Å². The summed E-state index contributed by atoms with van der Waals surface area (Å²) in [6.07, 6.45) is 11.3. The van der Waals surface area contributed by atoms with Gasteiger partial charge in [0.1, 0.15) is 11.4 Å². The Kier molecular flexibility index (Phi) is 5.77. The first kappa shape index (κ1) is 21.1. The molecule has 0 saturated carbocycles. The summed E-state index contributed by atoms with van der Waals surface area (Å²) < 4.78 is 17.4. The molecule has 3 aliphatic rings. The van der Waals surface area contributed by atoms with E-state index in [1.165, 1.54) is 5.57 Å². The Morgan fingerprint density at radius 2 is 2.18 bits per heavy atom. The fraction of sp³-hybridized carbons (Fsp3) is 0.522. The molecule has 5 heteroatoms. The summed E-state index contributed by atoms with van der Waals surface area (Å²) in [6, 6.07) is 0. The predicted molar refractivity (Wildman–Crippen MR) is 111 cm³/mol. The molecule has 3 rings (SSSR count). The second-order valence-corrected chi connectivity index (χ2v) is 8.61. The summed E-state index contributed by atoms with van der Waals surface area (Å²) in [6.45, 7) is 10.1. The monoisotopic (exact) mass is 404 g/mol. The fourth-order valence-electron chi connectivity index (χ4n) is 4.04. The molecule has 1 fully saturated rings. The lowest BCUT2D eigenvalue weighted by molar-refractivity contribution is -0.221. The van der Waals surface area contributed by atoms with Crippen molar-refractivity contribution in [1.82, 2.24) is 0 Å². The average molecular weight is 405 g/mol. The number of fused-ring (bicyclic) bond motifs is 3. The van der Waals surface area contributed by atoms with Gasteiger partial charge in [0, 0.05) is 30.6 Å². The normalized spacial score (nSPS) is 34.0. The first-order valence-corrected chi connectivity index (χ1v) is 10.2. The van der Waals surface area contributed by atoms with E-state index in [2.05, 4.69) is 26.8 Å². The van der Waals surface area contributed by atoms with Gasteiger partial charge in [0.05, 0.1) is 11.3 Å². The number of hydrogen-bond donors (Lipinski definition) is 0. The maximum absolute atomic E-state index is 13.0. The number of Topliss-reactive ketones (excluding diaryl/α,β-unsaturated/α-hetero) is 1. The Labute approximate surface area is 172 Å². The van der Waals surface area contributed by atoms with Crippen molar-refractivity contribution in [1.29, 1.82) is 0 Å². The smallest absolute Gasteiger partial charge is 0.207 e. The van der Waals surface area contributed by atoms with Crippen LogP contribution in [0.5, 0.6) is 0 Å². The Balaban J connectivity index is 1.90. The highest BCUT2D eigenvalue weighted by Crippen LogP contribution is 2.54. The molecule has 152 valence electrons. The molecule has 0 radical (unpaired) electrons. The molecule has 0 unspecified atom stereocenters. The maximum Gasteiger partial charge on any atom is 0.207 e. The Morgan fingerprint density at radius 1 is 1.46 bits per heavy atom. The van der Waals surface area contributed by atoms with Crippen LogP contribution in [0.4, 0.5) is 0 Å². The number of carbonyl (C=O) groups excluding carboxylic acids is 1. The van der Waals surface area contributed by atoms with Gasteiger partial charge in [-0.25, -0.2) is 0 Å². The van der Waals surface area contributed by atoms with Crippen LogP contribution in [0.1, 0.15) is 47.5 Å². The fourth-order valence-corrected chi connectivity index (χ4v) is 4.39. The Bertz CT molecular complexity index is 832. The molecule has 2 heterocycles. The van der Waals surface area contributed by atoms with Crippen LogP contribution >= 0.6 is 11.6 Å². The van der Waals surface area contributed by atoms with Gasteiger partial charge in [-0.15, -0.1) is 0 Å². The van der Waals surface area contributed by atoms with E-state index in [0.717, 1.165) is 12.0 Å². The molecule has 0 aromatic heterocycles. The zero-order valence-corrected chi connectivity index (χ0v) is 18.2. The lowest BCUT2D eigenvalue weighted by atomic mass is 9.72. The molecule has 1 saturated heterocycles. The maximum atomic E-state index is 13.0. The van der Waals surface area contributed by atoms with Crippen LogP contribution in [-0.2, 0) is 19.0 Å². The van der Waals surface area contributed by atoms with Crippen molar-refractivity contribution in [3.8, 4) is 0 Å². The van der Waals surface area contributed by atoms with E-state index in [1.54, 1.807) is 20.3 Å². The molecule has 0 amide bonds. The number of ether oxygens (including phenoxy) is 3. The largest absolute Gasteiger partial charge is 0.465 e. The topological polar surface area (TPSA) is 44.8 Å². The molecule has 28 heavy (non-hydrogen) atoms. The van der Waals surface area contributed by atoms with Crippen molar-refractivity contribution < 1.29 is 19.0 Å². The standard InChI is InChI=1S/C23H29ClO4/c1-7-14(2)10-15(3)8-9-16-11-17-18(13-27-16)19-12-22(4,26-6)28-23(19,5)21(25)20(17)24/h8-11,13-14,19H,7,12H2,1-6H3/t14-,19+,22-,23+/m0/s1. The number of ketones is 1. The number of rotatable bonds is 5. The van der Waals surface area contributed by atoms with Crippen molar-refractivity contribution in [2.75, 3.05) is 7.11 Å². The summed E-state index contributed by atoms with van der Waals surface area (Å²) in [5.74, 6) is -0.0263. The number of hydrogen-bond acceptors (Lipinski definition) is 4. The SMILES string of the molecule is CC[C@H](C)C=C(C)C=CC1=CC2=C(Cl)C(=O)[C@]3(C)O[C@](C)(OC)C[C@@H]3C2=CO1. The Hall–Kier alpha value is -1.62. The molecule has 0 bridgehead atoms. The first-order chi connectivity index (χ1) is 13.1. The van der Waals surface area contributed by atoms with E-state index in [-0.39, 0.29) is 16.7 Å². The van der Waals surface area contributed by atoms with E-state index in [9.17, 15) is 4.79 Å². The van der Waals surface area contributed by atoms with Gasteiger partial charge < -0.3 is 14.2 Å². The summed E-state index contributed by atoms with van der Waals surface area (Å²) in [7, 11) is 1.59. The van der Waals surface area contributed by atoms with Crippen LogP contribution in [0, 0.1) is 11.8 Å². The van der Waals surface area contributed by atoms with Crippen molar-refractivity contribution >= 4 is 17.4 Å². The van der Waals surface area contributed by atoms with Crippen molar-refractivity contribution in [2.24, 2.45) is 11.8 Å². The molecule has 0 aromatic rings. The number of allylic oxidation sites excluding steroid dienone is 6. The molecule has 0 N–H and O–H groups in total. The second kappa shape index (κ2) is 7.66. The van der Waals surface area contributed by atoms with Gasteiger partial charge in [-0.1, -0.05) is 49.6 Å². The third kappa shape index (κ3) is 3.66. The number of halogens is 1. The van der Waals surface area contributed by atoms with E-state index in [4.69, 9.17) is 25.8 Å². The van der Waals surface area contributed by atoms with Crippen molar-refractivity contribution in [2.45, 2.75) is 58.8 Å². The predicted octanol–water partition coefficient (Wildman–Crippen LogP) is 5.57. The van der Waals surface area contributed by atoms with Crippen molar-refractivity contribution in [3.63, 3.8) is 0 Å². The Morgan fingerprint density at radius 3 is 2.82 bits per heavy atom. The number of carbonyl (C=O) groups is 1. The first-order valence-electron chi connectivity index (χ1n) is 9.78. The third-order valence-electron chi connectivity index (χ3n) is 5.98. The highest BCUT2D eigenvalue weighted by atomic mass is 35.5.